The number of carbonyl (C=O) groups excluding carboxylic acids is 1. The molecule has 0 aliphatic heterocycles. The number of carbonyl (C=O) groups is 1. The number of benzene rings is 1. The van der Waals surface area contributed by atoms with Crippen molar-refractivity contribution in [1.82, 2.24) is 0 Å². The number of halogens is 2. The molecule has 106 valence electrons. The Hall–Kier alpha value is -0.730. The summed E-state index contributed by atoms with van der Waals surface area (Å²) in [5.41, 5.74) is 0. The third-order valence-corrected chi connectivity index (χ3v) is 3.60. The highest BCUT2D eigenvalue weighted by Crippen LogP contribution is 2.26. The molecule has 0 aromatic heterocycles. The van der Waals surface area contributed by atoms with Crippen LogP contribution in [0.4, 0.5) is 0 Å². The van der Waals surface area contributed by atoms with E-state index in [2.05, 4.69) is 6.92 Å². The SMILES string of the molecule is CCCCCCCCC(=O)Oc1ccc(Cl)c(Cl)c1. The Morgan fingerprint density at radius 3 is 2.42 bits per heavy atom. The van der Waals surface area contributed by atoms with Crippen LogP contribution in [0, 0.1) is 0 Å². The van der Waals surface area contributed by atoms with Gasteiger partial charge in [-0.3, -0.25) is 4.79 Å². The Kier molecular flexibility index (Phi) is 7.92. The van der Waals surface area contributed by atoms with Crippen molar-refractivity contribution in [2.75, 3.05) is 0 Å². The topological polar surface area (TPSA) is 26.3 Å². The van der Waals surface area contributed by atoms with Crippen molar-refractivity contribution in [3.8, 4) is 5.75 Å². The van der Waals surface area contributed by atoms with Crippen LogP contribution in [0.5, 0.6) is 5.75 Å². The molecule has 0 bridgehead atoms. The van der Waals surface area contributed by atoms with Crippen LogP contribution in [0.1, 0.15) is 51.9 Å². The molecule has 0 spiro atoms. The van der Waals surface area contributed by atoms with Gasteiger partial charge in [0, 0.05) is 12.5 Å². The van der Waals surface area contributed by atoms with Crippen LogP contribution in [0.25, 0.3) is 0 Å². The maximum atomic E-state index is 11.6. The summed E-state index contributed by atoms with van der Waals surface area (Å²) in [6.07, 6.45) is 7.35. The lowest BCUT2D eigenvalue weighted by Crippen LogP contribution is -2.07. The molecule has 1 aromatic rings. The fourth-order valence-electron chi connectivity index (χ4n) is 1.77. The van der Waals surface area contributed by atoms with E-state index in [1.54, 1.807) is 18.2 Å². The Labute approximate surface area is 125 Å². The van der Waals surface area contributed by atoms with Crippen LogP contribution in [0.15, 0.2) is 18.2 Å². The molecule has 0 fully saturated rings. The van der Waals surface area contributed by atoms with Gasteiger partial charge in [0.25, 0.3) is 0 Å². The van der Waals surface area contributed by atoms with Gasteiger partial charge in [0.1, 0.15) is 5.75 Å². The lowest BCUT2D eigenvalue weighted by molar-refractivity contribution is -0.134. The van der Waals surface area contributed by atoms with Gasteiger partial charge in [-0.05, 0) is 18.6 Å². The Balaban J connectivity index is 2.21. The largest absolute Gasteiger partial charge is 0.426 e. The molecule has 2 nitrogen and oxygen atoms in total. The standard InChI is InChI=1S/C15H20Cl2O2/c1-2-3-4-5-6-7-8-15(18)19-12-9-10-13(16)14(17)11-12/h9-11H,2-8H2,1H3. The molecule has 0 N–H and O–H groups in total. The Bertz CT molecular complexity index is 405. The maximum Gasteiger partial charge on any atom is 0.311 e. The first-order valence-corrected chi connectivity index (χ1v) is 7.54. The predicted octanol–water partition coefficient (Wildman–Crippen LogP) is 5.65. The summed E-state index contributed by atoms with van der Waals surface area (Å²) in [6.45, 7) is 2.19. The number of esters is 1. The first-order chi connectivity index (χ1) is 9.13. The fraction of sp³-hybridized carbons (Fsp3) is 0.533. The van der Waals surface area contributed by atoms with E-state index in [4.69, 9.17) is 27.9 Å². The van der Waals surface area contributed by atoms with Gasteiger partial charge in [-0.25, -0.2) is 0 Å². The number of hydrogen-bond donors (Lipinski definition) is 0. The first-order valence-electron chi connectivity index (χ1n) is 6.79. The van der Waals surface area contributed by atoms with Gasteiger partial charge >= 0.3 is 5.97 Å². The summed E-state index contributed by atoms with van der Waals surface area (Å²) < 4.78 is 5.20. The molecule has 0 amide bonds. The molecule has 0 heterocycles. The molecule has 0 aliphatic carbocycles. The van der Waals surface area contributed by atoms with Gasteiger partial charge < -0.3 is 4.74 Å². The van der Waals surface area contributed by atoms with Crippen LogP contribution >= 0.6 is 23.2 Å². The lowest BCUT2D eigenvalue weighted by Gasteiger charge is -2.05. The third-order valence-electron chi connectivity index (χ3n) is 2.86. The van der Waals surface area contributed by atoms with E-state index in [0.717, 1.165) is 12.8 Å². The van der Waals surface area contributed by atoms with Crippen molar-refractivity contribution in [3.63, 3.8) is 0 Å². The zero-order chi connectivity index (χ0) is 14.1. The normalized spacial score (nSPS) is 10.5. The predicted molar refractivity (Wildman–Crippen MR) is 80.1 cm³/mol. The van der Waals surface area contributed by atoms with Crippen LogP contribution in [-0.4, -0.2) is 5.97 Å². The second-order valence-electron chi connectivity index (χ2n) is 4.57. The molecule has 0 saturated heterocycles. The summed E-state index contributed by atoms with van der Waals surface area (Å²) in [7, 11) is 0. The van der Waals surface area contributed by atoms with Crippen molar-refractivity contribution in [1.29, 1.82) is 0 Å². The number of hydrogen-bond acceptors (Lipinski definition) is 2. The smallest absolute Gasteiger partial charge is 0.311 e. The van der Waals surface area contributed by atoms with E-state index in [0.29, 0.717) is 22.2 Å². The molecule has 0 unspecified atom stereocenters. The summed E-state index contributed by atoms with van der Waals surface area (Å²) in [6, 6.07) is 4.83. The molecule has 19 heavy (non-hydrogen) atoms. The molecule has 1 aromatic carbocycles. The molecule has 0 radical (unpaired) electrons. The highest BCUT2D eigenvalue weighted by Gasteiger charge is 2.06. The van der Waals surface area contributed by atoms with Crippen molar-refractivity contribution < 1.29 is 9.53 Å². The number of ether oxygens (including phenoxy) is 1. The Morgan fingerprint density at radius 2 is 1.74 bits per heavy atom. The third kappa shape index (κ3) is 6.84. The Morgan fingerprint density at radius 1 is 1.05 bits per heavy atom. The first kappa shape index (κ1) is 16.3. The van der Waals surface area contributed by atoms with Crippen molar-refractivity contribution in [2.45, 2.75) is 51.9 Å². The van der Waals surface area contributed by atoms with E-state index in [9.17, 15) is 4.79 Å². The van der Waals surface area contributed by atoms with E-state index in [1.165, 1.54) is 25.7 Å². The molecular formula is C15H20Cl2O2. The minimum atomic E-state index is -0.214. The molecule has 0 saturated carbocycles. The highest BCUT2D eigenvalue weighted by atomic mass is 35.5. The van der Waals surface area contributed by atoms with Gasteiger partial charge in [-0.2, -0.15) is 0 Å². The van der Waals surface area contributed by atoms with Crippen LogP contribution in [0.3, 0.4) is 0 Å². The van der Waals surface area contributed by atoms with Crippen molar-refractivity contribution >= 4 is 29.2 Å². The molecule has 0 atom stereocenters. The molecule has 0 aliphatic rings. The minimum absolute atomic E-state index is 0.214. The molecular weight excluding hydrogens is 283 g/mol. The van der Waals surface area contributed by atoms with Gasteiger partial charge in [0.15, 0.2) is 0 Å². The maximum absolute atomic E-state index is 11.6. The molecule has 1 rings (SSSR count). The van der Waals surface area contributed by atoms with E-state index < -0.39 is 0 Å². The van der Waals surface area contributed by atoms with Gasteiger partial charge in [-0.1, -0.05) is 62.2 Å². The van der Waals surface area contributed by atoms with Crippen LogP contribution in [-0.2, 0) is 4.79 Å². The zero-order valence-corrected chi connectivity index (χ0v) is 12.8. The number of unbranched alkanes of at least 4 members (excludes halogenated alkanes) is 5. The van der Waals surface area contributed by atoms with Crippen molar-refractivity contribution in [2.24, 2.45) is 0 Å². The van der Waals surface area contributed by atoms with Crippen LogP contribution in [0.2, 0.25) is 10.0 Å². The van der Waals surface area contributed by atoms with Gasteiger partial charge in [0.05, 0.1) is 10.0 Å². The van der Waals surface area contributed by atoms with E-state index in [1.807, 2.05) is 0 Å². The summed E-state index contributed by atoms with van der Waals surface area (Å²) in [4.78, 5) is 11.6. The summed E-state index contributed by atoms with van der Waals surface area (Å²) in [5, 5.41) is 0.851. The van der Waals surface area contributed by atoms with E-state index >= 15 is 0 Å². The van der Waals surface area contributed by atoms with E-state index in [-0.39, 0.29) is 5.97 Å². The second kappa shape index (κ2) is 9.22. The summed E-state index contributed by atoms with van der Waals surface area (Å²) >= 11 is 11.6. The second-order valence-corrected chi connectivity index (χ2v) is 5.38. The zero-order valence-electron chi connectivity index (χ0n) is 11.3. The van der Waals surface area contributed by atoms with Crippen LogP contribution < -0.4 is 4.74 Å². The van der Waals surface area contributed by atoms with Crippen molar-refractivity contribution in [3.05, 3.63) is 28.2 Å². The van der Waals surface area contributed by atoms with Gasteiger partial charge in [0.2, 0.25) is 0 Å². The quantitative estimate of drug-likeness (QED) is 0.352. The summed E-state index contributed by atoms with van der Waals surface area (Å²) in [5.74, 6) is 0.235. The highest BCUT2D eigenvalue weighted by molar-refractivity contribution is 6.42. The average Bonchev–Trinajstić information content (AvgIpc) is 2.38. The van der Waals surface area contributed by atoms with Gasteiger partial charge in [-0.15, -0.1) is 0 Å². The number of rotatable bonds is 8. The molecule has 4 heteroatoms. The fourth-order valence-corrected chi connectivity index (χ4v) is 2.06. The lowest BCUT2D eigenvalue weighted by atomic mass is 10.1. The average molecular weight is 303 g/mol. The minimum Gasteiger partial charge on any atom is -0.426 e. The monoisotopic (exact) mass is 302 g/mol.